The first-order chi connectivity index (χ1) is 17.2. The number of nitrogens with two attached hydrogens (primary N) is 1. The highest BCUT2D eigenvalue weighted by Crippen LogP contribution is 2.43. The van der Waals surface area contributed by atoms with E-state index in [0.29, 0.717) is 23.6 Å². The van der Waals surface area contributed by atoms with Gasteiger partial charge in [0.15, 0.2) is 0 Å². The Morgan fingerprint density at radius 2 is 1.72 bits per heavy atom. The molecule has 6 nitrogen and oxygen atoms in total. The van der Waals surface area contributed by atoms with Crippen LogP contribution in [0, 0.1) is 5.92 Å². The smallest absolute Gasteiger partial charge is 0.410 e. The normalized spacial score (nSPS) is 25.0. The molecule has 1 aromatic carbocycles. The number of carbonyl (C=O) groups excluding carboxylic acids is 2. The van der Waals surface area contributed by atoms with E-state index in [9.17, 15) is 9.59 Å². The minimum absolute atomic E-state index is 0.170. The Kier molecular flexibility index (Phi) is 8.97. The largest absolute Gasteiger partial charge is 0.444 e. The van der Waals surface area contributed by atoms with Crippen molar-refractivity contribution in [3.05, 3.63) is 35.4 Å². The van der Waals surface area contributed by atoms with Crippen molar-refractivity contribution in [1.82, 2.24) is 9.80 Å². The highest BCUT2D eigenvalue weighted by Gasteiger charge is 2.41. The molecular formula is C30H47N3O3. The number of nitrogens with zero attached hydrogens (tertiary/aromatic N) is 2. The number of benzene rings is 1. The van der Waals surface area contributed by atoms with E-state index >= 15 is 0 Å². The van der Waals surface area contributed by atoms with Gasteiger partial charge in [-0.3, -0.25) is 9.69 Å². The molecule has 2 aliphatic heterocycles. The zero-order chi connectivity index (χ0) is 25.7. The molecule has 36 heavy (non-hydrogen) atoms. The van der Waals surface area contributed by atoms with E-state index in [1.54, 1.807) is 6.07 Å². The first-order valence-corrected chi connectivity index (χ1v) is 14.3. The third-order valence-corrected chi connectivity index (χ3v) is 8.57. The van der Waals surface area contributed by atoms with Crippen molar-refractivity contribution in [3.8, 4) is 0 Å². The Balaban J connectivity index is 1.33. The maximum atomic E-state index is 13.1. The van der Waals surface area contributed by atoms with Gasteiger partial charge in [0.2, 0.25) is 5.91 Å². The van der Waals surface area contributed by atoms with Crippen LogP contribution in [0.3, 0.4) is 0 Å². The SMILES string of the molecule is CC(C)(C)OC(=O)N(CCCC1CCCCC1)CCN1[C@@H]2CC[C@H]1C[C@@H](c1cccc(C(N)=O)c1)C2. The molecule has 200 valence electrons. The first kappa shape index (κ1) is 27.0. The molecule has 3 aliphatic rings. The van der Waals surface area contributed by atoms with Gasteiger partial charge >= 0.3 is 6.09 Å². The lowest BCUT2D eigenvalue weighted by atomic mass is 9.84. The van der Waals surface area contributed by atoms with Crippen molar-refractivity contribution in [2.24, 2.45) is 11.7 Å². The highest BCUT2D eigenvalue weighted by atomic mass is 16.6. The van der Waals surface area contributed by atoms with Crippen LogP contribution < -0.4 is 5.73 Å². The summed E-state index contributed by atoms with van der Waals surface area (Å²) in [5, 5.41) is 0. The minimum Gasteiger partial charge on any atom is -0.444 e. The molecule has 0 radical (unpaired) electrons. The molecule has 3 atom stereocenters. The molecule has 1 saturated carbocycles. The van der Waals surface area contributed by atoms with Gasteiger partial charge in [0.1, 0.15) is 5.60 Å². The number of hydrogen-bond donors (Lipinski definition) is 1. The molecule has 3 fully saturated rings. The fourth-order valence-corrected chi connectivity index (χ4v) is 6.76. The number of fused-ring (bicyclic) bond motifs is 2. The highest BCUT2D eigenvalue weighted by molar-refractivity contribution is 5.92. The second-order valence-electron chi connectivity index (χ2n) is 12.4. The van der Waals surface area contributed by atoms with Gasteiger partial charge in [-0.1, -0.05) is 44.2 Å². The Morgan fingerprint density at radius 3 is 2.36 bits per heavy atom. The van der Waals surface area contributed by atoms with Gasteiger partial charge in [0.05, 0.1) is 0 Å². The van der Waals surface area contributed by atoms with Gasteiger partial charge in [-0.2, -0.15) is 0 Å². The Morgan fingerprint density at radius 1 is 1.03 bits per heavy atom. The second-order valence-corrected chi connectivity index (χ2v) is 12.4. The molecule has 4 rings (SSSR count). The quantitative estimate of drug-likeness (QED) is 0.448. The van der Waals surface area contributed by atoms with Crippen molar-refractivity contribution in [2.45, 2.75) is 115 Å². The predicted octanol–water partition coefficient (Wildman–Crippen LogP) is 6.09. The van der Waals surface area contributed by atoms with Crippen LogP contribution in [0.15, 0.2) is 24.3 Å². The molecule has 6 heteroatoms. The van der Waals surface area contributed by atoms with Crippen LogP contribution in [0.5, 0.6) is 0 Å². The number of amides is 2. The summed E-state index contributed by atoms with van der Waals surface area (Å²) in [5.74, 6) is 0.945. The van der Waals surface area contributed by atoms with Gasteiger partial charge < -0.3 is 15.4 Å². The van der Waals surface area contributed by atoms with Crippen molar-refractivity contribution < 1.29 is 14.3 Å². The molecule has 0 unspecified atom stereocenters. The van der Waals surface area contributed by atoms with Crippen LogP contribution in [0.2, 0.25) is 0 Å². The number of hydrogen-bond acceptors (Lipinski definition) is 4. The number of carbonyl (C=O) groups is 2. The van der Waals surface area contributed by atoms with E-state index < -0.39 is 5.60 Å². The number of piperidine rings is 1. The second kappa shape index (κ2) is 12.0. The number of ether oxygens (including phenoxy) is 1. The van der Waals surface area contributed by atoms with Crippen molar-refractivity contribution in [2.75, 3.05) is 19.6 Å². The maximum absolute atomic E-state index is 13.1. The third-order valence-electron chi connectivity index (χ3n) is 8.57. The monoisotopic (exact) mass is 497 g/mol. The lowest BCUT2D eigenvalue weighted by molar-refractivity contribution is 0.0197. The summed E-state index contributed by atoms with van der Waals surface area (Å²) in [6.07, 6.45) is 13.6. The fourth-order valence-electron chi connectivity index (χ4n) is 6.76. The molecule has 1 aliphatic carbocycles. The van der Waals surface area contributed by atoms with Crippen molar-refractivity contribution >= 4 is 12.0 Å². The molecule has 2 saturated heterocycles. The zero-order valence-corrected chi connectivity index (χ0v) is 22.7. The Bertz CT molecular complexity index is 876. The predicted molar refractivity (Wildman–Crippen MR) is 144 cm³/mol. The summed E-state index contributed by atoms with van der Waals surface area (Å²) in [4.78, 5) is 29.3. The number of rotatable bonds is 9. The molecule has 0 aromatic heterocycles. The van der Waals surface area contributed by atoms with Crippen LogP contribution in [0.4, 0.5) is 4.79 Å². The number of primary amides is 1. The van der Waals surface area contributed by atoms with Crippen LogP contribution in [0.25, 0.3) is 0 Å². The van der Waals surface area contributed by atoms with E-state index in [1.165, 1.54) is 56.9 Å². The molecule has 0 spiro atoms. The lowest BCUT2D eigenvalue weighted by Crippen LogP contribution is -2.47. The summed E-state index contributed by atoms with van der Waals surface area (Å²) < 4.78 is 5.79. The van der Waals surface area contributed by atoms with Gasteiger partial charge in [-0.05, 0) is 88.8 Å². The van der Waals surface area contributed by atoms with Gasteiger partial charge in [-0.15, -0.1) is 0 Å². The van der Waals surface area contributed by atoms with E-state index in [-0.39, 0.29) is 12.0 Å². The van der Waals surface area contributed by atoms with Gasteiger partial charge in [-0.25, -0.2) is 4.79 Å². The van der Waals surface area contributed by atoms with Crippen LogP contribution in [0.1, 0.15) is 113 Å². The maximum Gasteiger partial charge on any atom is 0.410 e. The van der Waals surface area contributed by atoms with Crippen LogP contribution in [-0.4, -0.2) is 59.1 Å². The molecule has 2 bridgehead atoms. The van der Waals surface area contributed by atoms with Crippen molar-refractivity contribution in [1.29, 1.82) is 0 Å². The molecule has 2 heterocycles. The summed E-state index contributed by atoms with van der Waals surface area (Å²) >= 11 is 0. The molecular weight excluding hydrogens is 450 g/mol. The minimum atomic E-state index is -0.477. The molecule has 1 aromatic rings. The van der Waals surface area contributed by atoms with Crippen molar-refractivity contribution in [3.63, 3.8) is 0 Å². The third kappa shape index (κ3) is 7.24. The van der Waals surface area contributed by atoms with E-state index in [2.05, 4.69) is 11.0 Å². The van der Waals surface area contributed by atoms with Crippen LogP contribution in [-0.2, 0) is 4.74 Å². The topological polar surface area (TPSA) is 75.9 Å². The Labute approximate surface area is 217 Å². The molecule has 2 N–H and O–H groups in total. The summed E-state index contributed by atoms with van der Waals surface area (Å²) in [5.41, 5.74) is 6.88. The average molecular weight is 498 g/mol. The van der Waals surface area contributed by atoms with E-state index in [4.69, 9.17) is 10.5 Å². The standard InChI is InChI=1S/C30H47N3O3/c1-30(2,3)36-29(35)32(16-8-11-22-9-5-4-6-10-22)17-18-33-26-14-15-27(33)21-25(20-26)23-12-7-13-24(19-23)28(31)34/h7,12-13,19,22,25-27H,4-6,8-11,14-18,20-21H2,1-3H3,(H2,31,34)/t25-,26+,27-. The molecule has 2 amide bonds. The lowest BCUT2D eigenvalue weighted by Gasteiger charge is -2.40. The summed E-state index contributed by atoms with van der Waals surface area (Å²) in [6, 6.07) is 8.95. The van der Waals surface area contributed by atoms with Crippen LogP contribution >= 0.6 is 0 Å². The summed E-state index contributed by atoms with van der Waals surface area (Å²) in [6.45, 7) is 8.27. The Hall–Kier alpha value is -2.08. The van der Waals surface area contributed by atoms with E-state index in [1.807, 2.05) is 37.8 Å². The average Bonchev–Trinajstić information content (AvgIpc) is 3.07. The first-order valence-electron chi connectivity index (χ1n) is 14.3. The zero-order valence-electron chi connectivity index (χ0n) is 22.7. The van der Waals surface area contributed by atoms with Gasteiger partial charge in [0, 0.05) is 37.3 Å². The van der Waals surface area contributed by atoms with Gasteiger partial charge in [0.25, 0.3) is 0 Å². The summed E-state index contributed by atoms with van der Waals surface area (Å²) in [7, 11) is 0. The van der Waals surface area contributed by atoms with E-state index in [0.717, 1.165) is 44.8 Å². The fraction of sp³-hybridized carbons (Fsp3) is 0.733.